The molecule has 39 heavy (non-hydrogen) atoms. The summed E-state index contributed by atoms with van der Waals surface area (Å²) in [6.45, 7) is 8.03. The molecule has 0 atom stereocenters. The molecule has 6 nitrogen and oxygen atoms in total. The maximum atomic E-state index is 11.9. The van der Waals surface area contributed by atoms with E-state index in [4.69, 9.17) is 10.2 Å². The van der Waals surface area contributed by atoms with Gasteiger partial charge in [0.15, 0.2) is 0 Å². The Hall–Kier alpha value is -2.40. The van der Waals surface area contributed by atoms with Crippen LogP contribution in [0.15, 0.2) is 24.3 Å². The van der Waals surface area contributed by atoms with Gasteiger partial charge in [-0.25, -0.2) is 9.59 Å². The van der Waals surface area contributed by atoms with Gasteiger partial charge >= 0.3 is 31.4 Å². The third-order valence-electron chi connectivity index (χ3n) is 6.68. The molecule has 0 aliphatic heterocycles. The molecule has 0 spiro atoms. The maximum Gasteiger partial charge on any atom is 2.00 e. The molecule has 0 saturated carbocycles. The van der Waals surface area contributed by atoms with E-state index in [9.17, 15) is 19.8 Å². The van der Waals surface area contributed by atoms with E-state index in [0.717, 1.165) is 36.8 Å². The van der Waals surface area contributed by atoms with Crippen molar-refractivity contribution in [3.8, 4) is 11.5 Å². The number of aromatic carboxylic acids is 2. The van der Waals surface area contributed by atoms with Crippen LogP contribution in [0, 0.1) is 13.8 Å². The summed E-state index contributed by atoms with van der Waals surface area (Å²) in [5, 5.41) is 41.9. The van der Waals surface area contributed by atoms with E-state index in [0.29, 0.717) is 24.0 Å². The van der Waals surface area contributed by atoms with Gasteiger partial charge < -0.3 is 20.4 Å². The molecule has 0 heterocycles. The fourth-order valence-electron chi connectivity index (χ4n) is 4.58. The first-order chi connectivity index (χ1) is 18.1. The number of benzene rings is 2. The van der Waals surface area contributed by atoms with Gasteiger partial charge in [0.2, 0.25) is 0 Å². The molecule has 0 radical (unpaired) electrons. The number of carboxylic acids is 2. The second-order valence-corrected chi connectivity index (χ2v) is 10.2. The van der Waals surface area contributed by atoms with E-state index < -0.39 is 11.9 Å². The SMILES string of the molecule is CCCCCCCCc1cc(C)cc(C(=O)O)c1[O-].CCCCCCCCc1cc(C)cc(C(=O)O)c1[O-].[Zn+2]. The van der Waals surface area contributed by atoms with Crippen molar-refractivity contribution in [3.05, 3.63) is 57.6 Å². The second kappa shape index (κ2) is 20.5. The first-order valence-electron chi connectivity index (χ1n) is 14.2. The molecule has 0 amide bonds. The van der Waals surface area contributed by atoms with E-state index in [1.165, 1.54) is 63.5 Å². The minimum atomic E-state index is -1.13. The molecule has 0 aromatic heterocycles. The summed E-state index contributed by atoms with van der Waals surface area (Å²) < 4.78 is 0. The van der Waals surface area contributed by atoms with Crippen molar-refractivity contribution in [1.29, 1.82) is 0 Å². The standard InChI is InChI=1S/2C16H24O3.Zn/c2*1-3-4-5-6-7-8-9-13-10-12(2)11-14(15(13)17)16(18)19;/h2*10-11,17H,3-9H2,1-2H3,(H,18,19);/q;;+2/p-2. The minimum Gasteiger partial charge on any atom is -0.872 e. The first kappa shape index (κ1) is 36.6. The molecule has 0 bridgehead atoms. The van der Waals surface area contributed by atoms with E-state index >= 15 is 0 Å². The van der Waals surface area contributed by atoms with Crippen LogP contribution in [0.1, 0.15) is 134 Å². The number of hydrogen-bond acceptors (Lipinski definition) is 4. The van der Waals surface area contributed by atoms with Crippen molar-refractivity contribution >= 4 is 11.9 Å². The Morgan fingerprint density at radius 1 is 0.590 bits per heavy atom. The summed E-state index contributed by atoms with van der Waals surface area (Å²) in [6, 6.07) is 6.55. The quantitative estimate of drug-likeness (QED) is 0.156. The molecule has 0 unspecified atom stereocenters. The van der Waals surface area contributed by atoms with Crippen molar-refractivity contribution in [3.63, 3.8) is 0 Å². The zero-order valence-corrected chi connectivity index (χ0v) is 27.4. The first-order valence-corrected chi connectivity index (χ1v) is 14.2. The van der Waals surface area contributed by atoms with Crippen LogP contribution in [0.5, 0.6) is 11.5 Å². The van der Waals surface area contributed by atoms with Crippen LogP contribution < -0.4 is 10.2 Å². The Labute approximate surface area is 247 Å². The predicted molar refractivity (Wildman–Crippen MR) is 149 cm³/mol. The third-order valence-corrected chi connectivity index (χ3v) is 6.68. The van der Waals surface area contributed by atoms with Gasteiger partial charge in [0.1, 0.15) is 0 Å². The van der Waals surface area contributed by atoms with Crippen molar-refractivity contribution < 1.29 is 49.5 Å². The summed E-state index contributed by atoms with van der Waals surface area (Å²) in [4.78, 5) is 21.9. The van der Waals surface area contributed by atoms with Crippen molar-refractivity contribution in [1.82, 2.24) is 0 Å². The summed E-state index contributed by atoms with van der Waals surface area (Å²) in [6.07, 6.45) is 15.4. The summed E-state index contributed by atoms with van der Waals surface area (Å²) in [7, 11) is 0. The smallest absolute Gasteiger partial charge is 0.872 e. The van der Waals surface area contributed by atoms with Gasteiger partial charge in [-0.15, -0.1) is 0 Å². The summed E-state index contributed by atoms with van der Waals surface area (Å²) in [5.41, 5.74) is 2.79. The molecule has 212 valence electrons. The number of rotatable bonds is 16. The van der Waals surface area contributed by atoms with Crippen molar-refractivity contribution in [2.24, 2.45) is 0 Å². The fourth-order valence-corrected chi connectivity index (χ4v) is 4.58. The second-order valence-electron chi connectivity index (χ2n) is 10.2. The van der Waals surface area contributed by atoms with Crippen LogP contribution in [0.2, 0.25) is 0 Å². The van der Waals surface area contributed by atoms with Gasteiger partial charge in [0.25, 0.3) is 0 Å². The van der Waals surface area contributed by atoms with E-state index in [1.807, 2.05) is 26.0 Å². The van der Waals surface area contributed by atoms with Crippen LogP contribution in [-0.2, 0) is 32.3 Å². The van der Waals surface area contributed by atoms with E-state index in [2.05, 4.69) is 13.8 Å². The minimum absolute atomic E-state index is 0. The Bertz CT molecular complexity index is 937. The zero-order valence-electron chi connectivity index (χ0n) is 24.4. The molecule has 0 saturated heterocycles. The molecule has 0 aliphatic rings. The molecule has 2 aromatic carbocycles. The van der Waals surface area contributed by atoms with Gasteiger partial charge in [-0.1, -0.05) is 124 Å². The Balaban J connectivity index is 0.000000722. The van der Waals surface area contributed by atoms with Gasteiger partial charge in [0, 0.05) is 0 Å². The van der Waals surface area contributed by atoms with Crippen molar-refractivity contribution in [2.45, 2.75) is 118 Å². The number of hydrogen-bond donors (Lipinski definition) is 2. The molecular formula is C32H46O6Zn. The topological polar surface area (TPSA) is 121 Å². The van der Waals surface area contributed by atoms with Crippen LogP contribution >= 0.6 is 0 Å². The molecular weight excluding hydrogens is 546 g/mol. The number of unbranched alkanes of at least 4 members (excludes halogenated alkanes) is 10. The summed E-state index contributed by atoms with van der Waals surface area (Å²) >= 11 is 0. The Morgan fingerprint density at radius 3 is 1.21 bits per heavy atom. The van der Waals surface area contributed by atoms with Gasteiger partial charge in [-0.2, -0.15) is 0 Å². The summed E-state index contributed by atoms with van der Waals surface area (Å²) in [5.74, 6) is -2.88. The number of carboxylic acid groups (broad SMARTS) is 2. The average molecular weight is 592 g/mol. The van der Waals surface area contributed by atoms with Gasteiger partial charge in [-0.05, 0) is 51.7 Å². The van der Waals surface area contributed by atoms with Crippen LogP contribution in [0.3, 0.4) is 0 Å². The van der Waals surface area contributed by atoms with E-state index in [1.54, 1.807) is 0 Å². The number of aryl methyl sites for hydroxylation is 4. The largest absolute Gasteiger partial charge is 2.00 e. The molecule has 0 fully saturated rings. The Morgan fingerprint density at radius 2 is 0.897 bits per heavy atom. The zero-order chi connectivity index (χ0) is 28.5. The normalized spacial score (nSPS) is 10.4. The van der Waals surface area contributed by atoms with Crippen LogP contribution in [0.25, 0.3) is 0 Å². The number of carbonyl (C=O) groups is 2. The van der Waals surface area contributed by atoms with Crippen LogP contribution in [0.4, 0.5) is 0 Å². The Kier molecular flexibility index (Phi) is 19.2. The molecule has 2 rings (SSSR count). The predicted octanol–water partition coefficient (Wildman–Crippen LogP) is 7.34. The average Bonchev–Trinajstić information content (AvgIpc) is 2.87. The third kappa shape index (κ3) is 14.0. The van der Waals surface area contributed by atoms with Crippen molar-refractivity contribution in [2.75, 3.05) is 0 Å². The van der Waals surface area contributed by atoms with Gasteiger partial charge in [0.05, 0.1) is 11.1 Å². The molecule has 2 N–H and O–H groups in total. The molecule has 2 aromatic rings. The van der Waals surface area contributed by atoms with Gasteiger partial charge in [-0.3, -0.25) is 0 Å². The molecule has 7 heteroatoms. The molecule has 0 aliphatic carbocycles. The fraction of sp³-hybridized carbons (Fsp3) is 0.562. The van der Waals surface area contributed by atoms with E-state index in [-0.39, 0.29) is 42.1 Å². The van der Waals surface area contributed by atoms with Crippen LogP contribution in [-0.4, -0.2) is 22.2 Å². The maximum absolute atomic E-state index is 11.9. The monoisotopic (exact) mass is 590 g/mol.